The van der Waals surface area contributed by atoms with Gasteiger partial charge in [-0.15, -0.1) is 0 Å². The third kappa shape index (κ3) is 7.27. The van der Waals surface area contributed by atoms with Gasteiger partial charge in [0.1, 0.15) is 46.0 Å². The van der Waals surface area contributed by atoms with Gasteiger partial charge < -0.3 is 16.6 Å². The molecule has 0 spiro atoms. The molecule has 0 rings (SSSR count). The molecule has 0 saturated carbocycles. The Morgan fingerprint density at radius 2 is 1.80 bits per heavy atom. The van der Waals surface area contributed by atoms with E-state index in [1.807, 2.05) is 46.0 Å². The van der Waals surface area contributed by atoms with Crippen molar-refractivity contribution < 1.29 is 11.2 Å². The minimum Gasteiger partial charge on any atom is -0.394 e. The molecule has 0 aromatic rings. The van der Waals surface area contributed by atoms with Crippen LogP contribution in [0.15, 0.2) is 0 Å². The van der Waals surface area contributed by atoms with Crippen molar-refractivity contribution in [3.8, 4) is 0 Å². The molecule has 1 atom stereocenters. The molecule has 0 amide bonds. The van der Waals surface area contributed by atoms with Crippen molar-refractivity contribution in [3.63, 3.8) is 0 Å². The highest BCUT2D eigenvalue weighted by atomic mass is 127. The molecule has 0 fully saturated rings. The second-order valence-corrected chi connectivity index (χ2v) is 5.88. The van der Waals surface area contributed by atoms with Crippen LogP contribution in [0, 0.1) is 0 Å². The molecule has 1 unspecified atom stereocenters. The topological polar surface area (TPSA) is 50.7 Å². The van der Waals surface area contributed by atoms with Gasteiger partial charge in [-0.1, -0.05) is 0 Å². The number of aliphatic hydroxyl groups is 1. The Morgan fingerprint density at radius 3 is 2.13 bits per heavy atom. The molecule has 0 aliphatic heterocycles. The fourth-order valence-corrected chi connectivity index (χ4v) is 2.29. The van der Waals surface area contributed by atoms with Gasteiger partial charge in [-0.05, 0) is 27.2 Å². The van der Waals surface area contributed by atoms with Gasteiger partial charge in [0.05, 0.1) is 25.4 Å². The van der Waals surface area contributed by atoms with E-state index in [0.717, 1.165) is 0 Å². The maximum absolute atomic E-state index is 9.49. The van der Waals surface area contributed by atoms with Crippen molar-refractivity contribution in [2.75, 3.05) is 19.8 Å². The number of aliphatic hydroxyl groups excluding tert-OH is 1. The number of nitrogens with one attached hydrogen (secondary N) is 1. The van der Waals surface area contributed by atoms with E-state index in [1.54, 1.807) is 0 Å². The van der Waals surface area contributed by atoms with Gasteiger partial charge >= 0.3 is 0 Å². The molecule has 15 heavy (non-hydrogen) atoms. The van der Waals surface area contributed by atoms with Crippen molar-refractivity contribution in [1.82, 2.24) is 5.32 Å². The minimum absolute atomic E-state index is 0.0350. The highest BCUT2D eigenvalue weighted by molar-refractivity contribution is 14.1. The third-order valence-corrected chi connectivity index (χ3v) is 2.68. The molecular weight excluding hydrogens is 424 g/mol. The largest absolute Gasteiger partial charge is 0.394 e. The maximum Gasteiger partial charge on any atom is 0.109 e. The third-order valence-electron chi connectivity index (χ3n) is 1.93. The summed E-state index contributed by atoms with van der Waals surface area (Å²) in [4.78, 5) is 0. The van der Waals surface area contributed by atoms with Crippen LogP contribution in [0.4, 0.5) is 0 Å². The van der Waals surface area contributed by atoms with Gasteiger partial charge in [0.2, 0.25) is 0 Å². The lowest BCUT2D eigenvalue weighted by molar-refractivity contribution is 0.0802. The summed E-state index contributed by atoms with van der Waals surface area (Å²) < 4.78 is 10.2. The number of hydrogen-bond donors (Lipinski definition) is 2. The van der Waals surface area contributed by atoms with Gasteiger partial charge in [0.25, 0.3) is 0 Å². The van der Waals surface area contributed by atoms with Crippen LogP contribution in [0.2, 0.25) is 0 Å². The van der Waals surface area contributed by atoms with E-state index in [9.17, 15) is 5.11 Å². The predicted octanol–water partition coefficient (Wildman–Crippen LogP) is 2.23. The molecule has 2 N–H and O–H groups in total. The molecule has 0 heterocycles. The summed E-state index contributed by atoms with van der Waals surface area (Å²) in [5.74, 6) is 0. The van der Waals surface area contributed by atoms with Gasteiger partial charge in [-0.3, -0.25) is 0 Å². The summed E-state index contributed by atoms with van der Waals surface area (Å²) in [7, 11) is 0. The standard InChI is InChI=1S/C9H19I2NO3/c1-8(2,3)12-9(6-13,7-15-11)4-5-14-10/h12-13H,4-7H2,1-3H3. The number of halogens is 2. The van der Waals surface area contributed by atoms with Crippen LogP contribution >= 0.6 is 46.0 Å². The molecule has 0 bridgehead atoms. The quantitative estimate of drug-likeness (QED) is 0.593. The first kappa shape index (κ1) is 16.3. The molecule has 0 aromatic carbocycles. The predicted molar refractivity (Wildman–Crippen MR) is 77.3 cm³/mol. The van der Waals surface area contributed by atoms with Crippen LogP contribution in [0.1, 0.15) is 27.2 Å². The van der Waals surface area contributed by atoms with E-state index < -0.39 is 5.54 Å². The molecule has 92 valence electrons. The van der Waals surface area contributed by atoms with E-state index in [4.69, 9.17) is 6.13 Å². The second kappa shape index (κ2) is 7.59. The van der Waals surface area contributed by atoms with Crippen molar-refractivity contribution in [1.29, 1.82) is 0 Å². The minimum atomic E-state index is -0.426. The Kier molecular flexibility index (Phi) is 8.25. The van der Waals surface area contributed by atoms with Crippen molar-refractivity contribution >= 4 is 46.0 Å². The molecule has 0 aromatic heterocycles. The van der Waals surface area contributed by atoms with Crippen molar-refractivity contribution in [3.05, 3.63) is 0 Å². The highest BCUT2D eigenvalue weighted by Crippen LogP contribution is 2.18. The SMILES string of the molecule is CC(C)(C)NC(CO)(CCOI)COI. The Bertz CT molecular complexity index is 175. The highest BCUT2D eigenvalue weighted by Gasteiger charge is 2.33. The van der Waals surface area contributed by atoms with Crippen molar-refractivity contribution in [2.45, 2.75) is 38.3 Å². The van der Waals surface area contributed by atoms with Crippen LogP contribution in [-0.4, -0.2) is 36.0 Å². The Morgan fingerprint density at radius 1 is 1.20 bits per heavy atom. The zero-order valence-corrected chi connectivity index (χ0v) is 13.7. The fourth-order valence-electron chi connectivity index (χ4n) is 1.47. The Balaban J connectivity index is 4.49. The molecule has 0 saturated heterocycles. The molecule has 6 heteroatoms. The van der Waals surface area contributed by atoms with Crippen LogP contribution < -0.4 is 5.32 Å². The number of rotatable bonds is 7. The summed E-state index contributed by atoms with van der Waals surface area (Å²) in [6.07, 6.45) is 0.715. The fraction of sp³-hybridized carbons (Fsp3) is 1.00. The zero-order chi connectivity index (χ0) is 11.9. The summed E-state index contributed by atoms with van der Waals surface area (Å²) in [5.41, 5.74) is -0.492. The van der Waals surface area contributed by atoms with Gasteiger partial charge in [-0.2, -0.15) is 0 Å². The monoisotopic (exact) mass is 443 g/mol. The zero-order valence-electron chi connectivity index (χ0n) is 9.35. The van der Waals surface area contributed by atoms with Crippen molar-refractivity contribution in [2.24, 2.45) is 0 Å². The lowest BCUT2D eigenvalue weighted by atomic mass is 9.93. The summed E-state index contributed by atoms with van der Waals surface area (Å²) >= 11 is 3.70. The van der Waals surface area contributed by atoms with Gasteiger partial charge in [-0.25, -0.2) is 0 Å². The van der Waals surface area contributed by atoms with E-state index >= 15 is 0 Å². The lowest BCUT2D eigenvalue weighted by Gasteiger charge is -2.38. The second-order valence-electron chi connectivity index (χ2n) is 4.63. The van der Waals surface area contributed by atoms with E-state index in [0.29, 0.717) is 19.6 Å². The van der Waals surface area contributed by atoms with Gasteiger partial charge in [0.15, 0.2) is 0 Å². The average molecular weight is 443 g/mol. The van der Waals surface area contributed by atoms with E-state index in [-0.39, 0.29) is 12.1 Å². The first-order valence-corrected chi connectivity index (χ1v) is 6.52. The van der Waals surface area contributed by atoms with Crippen LogP contribution in [-0.2, 0) is 6.13 Å². The van der Waals surface area contributed by atoms with Crippen LogP contribution in [0.3, 0.4) is 0 Å². The van der Waals surface area contributed by atoms with Gasteiger partial charge in [0, 0.05) is 5.54 Å². The van der Waals surface area contributed by atoms with E-state index in [2.05, 4.69) is 26.1 Å². The first-order valence-electron chi connectivity index (χ1n) is 4.76. The smallest absolute Gasteiger partial charge is 0.109 e. The molecule has 4 nitrogen and oxygen atoms in total. The normalized spacial score (nSPS) is 16.4. The van der Waals surface area contributed by atoms with Crippen LogP contribution in [0.25, 0.3) is 0 Å². The average Bonchev–Trinajstić information content (AvgIpc) is 2.12. The maximum atomic E-state index is 9.49. The Labute approximate surface area is 120 Å². The molecule has 0 aliphatic carbocycles. The summed E-state index contributed by atoms with van der Waals surface area (Å²) in [5, 5.41) is 12.9. The molecule has 0 aliphatic rings. The molecule has 0 radical (unpaired) electrons. The summed E-state index contributed by atoms with van der Waals surface area (Å²) in [6, 6.07) is 0. The van der Waals surface area contributed by atoms with E-state index in [1.165, 1.54) is 0 Å². The summed E-state index contributed by atoms with van der Waals surface area (Å²) in [6.45, 7) is 7.28. The lowest BCUT2D eigenvalue weighted by Crippen LogP contribution is -2.59. The Hall–Kier alpha value is 1.30. The molecular formula is C9H19I2NO3. The number of hydrogen-bond acceptors (Lipinski definition) is 4. The van der Waals surface area contributed by atoms with Crippen LogP contribution in [0.5, 0.6) is 0 Å². The first-order chi connectivity index (χ1) is 6.89.